The maximum Gasteiger partial charge on any atom is 0.409 e. The minimum absolute atomic E-state index is 0.238. The van der Waals surface area contributed by atoms with Crippen molar-refractivity contribution >= 4 is 6.09 Å². The Hall–Kier alpha value is -0.770. The highest BCUT2D eigenvalue weighted by Gasteiger charge is 2.09. The average molecular weight is 202 g/mol. The summed E-state index contributed by atoms with van der Waals surface area (Å²) in [6.07, 6.45) is 0.634. The molecule has 0 rings (SSSR count). The minimum atomic E-state index is -0.238. The Labute approximate surface area is 86.8 Å². The van der Waals surface area contributed by atoms with Crippen molar-refractivity contribution < 1.29 is 9.53 Å². The summed E-state index contributed by atoms with van der Waals surface area (Å²) < 4.78 is 5.08. The monoisotopic (exact) mass is 202 g/mol. The van der Waals surface area contributed by atoms with Gasteiger partial charge in [-0.3, -0.25) is 0 Å². The number of ether oxygens (including phenoxy) is 1. The number of carbonyl (C=O) groups excluding carboxylic acids is 1. The Morgan fingerprint density at radius 2 is 1.93 bits per heavy atom. The molecule has 1 unspecified atom stereocenters. The molecule has 1 atom stereocenters. The summed E-state index contributed by atoms with van der Waals surface area (Å²) in [5.74, 6) is 0. The van der Waals surface area contributed by atoms with Crippen molar-refractivity contribution in [3.05, 3.63) is 0 Å². The van der Waals surface area contributed by atoms with Crippen LogP contribution >= 0.6 is 0 Å². The van der Waals surface area contributed by atoms with E-state index >= 15 is 0 Å². The fourth-order valence-electron chi connectivity index (χ4n) is 0.814. The van der Waals surface area contributed by atoms with Crippen molar-refractivity contribution in [3.8, 4) is 0 Å². The largest absolute Gasteiger partial charge is 0.449 e. The zero-order valence-corrected chi connectivity index (χ0v) is 9.91. The molecule has 0 aromatic heterocycles. The molecule has 84 valence electrons. The van der Waals surface area contributed by atoms with Crippen LogP contribution in [-0.4, -0.2) is 56.2 Å². The first-order valence-corrected chi connectivity index (χ1v) is 5.03. The molecule has 0 saturated heterocycles. The van der Waals surface area contributed by atoms with E-state index in [-0.39, 0.29) is 6.09 Å². The molecule has 0 aromatic rings. The molecule has 0 saturated carbocycles. The molecule has 0 aliphatic rings. The van der Waals surface area contributed by atoms with Crippen LogP contribution in [0.4, 0.5) is 4.79 Å². The van der Waals surface area contributed by atoms with E-state index in [0.29, 0.717) is 19.2 Å². The molecule has 0 aliphatic heterocycles. The lowest BCUT2D eigenvalue weighted by Gasteiger charge is -2.20. The van der Waals surface area contributed by atoms with Crippen molar-refractivity contribution in [2.24, 2.45) is 0 Å². The smallest absolute Gasteiger partial charge is 0.409 e. The SMILES string of the molecule is CCN(C)C(=O)OCCC(C)N(C)C. The molecular weight excluding hydrogens is 180 g/mol. The standard InChI is InChI=1S/C10H22N2O2/c1-6-12(5)10(13)14-8-7-9(2)11(3)4/h9H,6-8H2,1-5H3. The lowest BCUT2D eigenvalue weighted by atomic mass is 10.2. The molecule has 14 heavy (non-hydrogen) atoms. The van der Waals surface area contributed by atoms with E-state index in [9.17, 15) is 4.79 Å². The number of hydrogen-bond donors (Lipinski definition) is 0. The number of hydrogen-bond acceptors (Lipinski definition) is 3. The van der Waals surface area contributed by atoms with Gasteiger partial charge < -0.3 is 14.5 Å². The lowest BCUT2D eigenvalue weighted by Crippen LogP contribution is -2.30. The van der Waals surface area contributed by atoms with E-state index in [4.69, 9.17) is 4.74 Å². The number of carbonyl (C=O) groups is 1. The van der Waals surface area contributed by atoms with Crippen molar-refractivity contribution in [2.75, 3.05) is 34.3 Å². The van der Waals surface area contributed by atoms with Crippen LogP contribution in [0.1, 0.15) is 20.3 Å². The zero-order valence-electron chi connectivity index (χ0n) is 9.91. The third-order valence-electron chi connectivity index (χ3n) is 2.43. The fourth-order valence-corrected chi connectivity index (χ4v) is 0.814. The lowest BCUT2D eigenvalue weighted by molar-refractivity contribution is 0.104. The van der Waals surface area contributed by atoms with Crippen LogP contribution in [0.5, 0.6) is 0 Å². The molecule has 0 fully saturated rings. The second kappa shape index (κ2) is 6.65. The highest BCUT2D eigenvalue weighted by atomic mass is 16.6. The first-order valence-electron chi connectivity index (χ1n) is 5.03. The Morgan fingerprint density at radius 1 is 1.36 bits per heavy atom. The molecule has 0 N–H and O–H groups in total. The van der Waals surface area contributed by atoms with Crippen LogP contribution in [-0.2, 0) is 4.74 Å². The highest BCUT2D eigenvalue weighted by molar-refractivity contribution is 5.67. The van der Waals surface area contributed by atoms with Gasteiger partial charge >= 0.3 is 6.09 Å². The van der Waals surface area contributed by atoms with Crippen LogP contribution in [0.25, 0.3) is 0 Å². The van der Waals surface area contributed by atoms with Gasteiger partial charge in [0, 0.05) is 19.6 Å². The Kier molecular flexibility index (Phi) is 6.28. The first kappa shape index (κ1) is 13.2. The van der Waals surface area contributed by atoms with Crippen LogP contribution in [0.15, 0.2) is 0 Å². The third-order valence-corrected chi connectivity index (χ3v) is 2.43. The zero-order chi connectivity index (χ0) is 11.1. The quantitative estimate of drug-likeness (QED) is 0.676. The summed E-state index contributed by atoms with van der Waals surface area (Å²) >= 11 is 0. The predicted octanol–water partition coefficient (Wildman–Crippen LogP) is 1.41. The molecule has 0 aliphatic carbocycles. The van der Waals surface area contributed by atoms with Crippen molar-refractivity contribution in [2.45, 2.75) is 26.3 Å². The van der Waals surface area contributed by atoms with E-state index in [1.165, 1.54) is 0 Å². The van der Waals surface area contributed by atoms with Gasteiger partial charge in [0.15, 0.2) is 0 Å². The van der Waals surface area contributed by atoms with Gasteiger partial charge in [-0.05, 0) is 34.4 Å². The number of nitrogens with zero attached hydrogens (tertiary/aromatic N) is 2. The molecule has 0 radical (unpaired) electrons. The molecule has 0 spiro atoms. The van der Waals surface area contributed by atoms with E-state index in [1.54, 1.807) is 11.9 Å². The van der Waals surface area contributed by atoms with Crippen molar-refractivity contribution in [1.82, 2.24) is 9.80 Å². The van der Waals surface area contributed by atoms with Crippen molar-refractivity contribution in [1.29, 1.82) is 0 Å². The maximum absolute atomic E-state index is 11.2. The molecule has 0 aromatic carbocycles. The Bertz CT molecular complexity index is 172. The van der Waals surface area contributed by atoms with Gasteiger partial charge in [0.1, 0.15) is 0 Å². The van der Waals surface area contributed by atoms with Gasteiger partial charge in [0.2, 0.25) is 0 Å². The number of rotatable bonds is 5. The molecule has 4 nitrogen and oxygen atoms in total. The van der Waals surface area contributed by atoms with E-state index < -0.39 is 0 Å². The predicted molar refractivity (Wildman–Crippen MR) is 57.4 cm³/mol. The molecular formula is C10H22N2O2. The summed E-state index contributed by atoms with van der Waals surface area (Å²) in [6.45, 7) is 5.20. The van der Waals surface area contributed by atoms with Gasteiger partial charge in [-0.25, -0.2) is 4.79 Å². The van der Waals surface area contributed by atoms with Gasteiger partial charge in [-0.15, -0.1) is 0 Å². The fraction of sp³-hybridized carbons (Fsp3) is 0.900. The molecule has 0 bridgehead atoms. The highest BCUT2D eigenvalue weighted by Crippen LogP contribution is 1.99. The third kappa shape index (κ3) is 5.07. The minimum Gasteiger partial charge on any atom is -0.449 e. The van der Waals surface area contributed by atoms with E-state index in [2.05, 4.69) is 11.8 Å². The van der Waals surface area contributed by atoms with Crippen molar-refractivity contribution in [3.63, 3.8) is 0 Å². The van der Waals surface area contributed by atoms with E-state index in [0.717, 1.165) is 6.42 Å². The van der Waals surface area contributed by atoms with Crippen LogP contribution < -0.4 is 0 Å². The normalized spacial score (nSPS) is 12.7. The summed E-state index contributed by atoms with van der Waals surface area (Å²) in [5, 5.41) is 0. The van der Waals surface area contributed by atoms with Crippen LogP contribution in [0, 0.1) is 0 Å². The molecule has 1 amide bonds. The summed E-state index contributed by atoms with van der Waals surface area (Å²) in [5.41, 5.74) is 0. The Balaban J connectivity index is 3.59. The summed E-state index contributed by atoms with van der Waals surface area (Å²) in [6, 6.07) is 0.440. The number of amides is 1. The average Bonchev–Trinajstić information content (AvgIpc) is 2.15. The first-order chi connectivity index (χ1) is 6.49. The van der Waals surface area contributed by atoms with Gasteiger partial charge in [0.05, 0.1) is 6.61 Å². The summed E-state index contributed by atoms with van der Waals surface area (Å²) in [7, 11) is 5.77. The van der Waals surface area contributed by atoms with Crippen LogP contribution in [0.3, 0.4) is 0 Å². The van der Waals surface area contributed by atoms with Crippen LogP contribution in [0.2, 0.25) is 0 Å². The Morgan fingerprint density at radius 3 is 2.36 bits per heavy atom. The van der Waals surface area contributed by atoms with E-state index in [1.807, 2.05) is 21.0 Å². The molecule has 0 heterocycles. The second-order valence-electron chi connectivity index (χ2n) is 3.73. The maximum atomic E-state index is 11.2. The molecule has 4 heteroatoms. The topological polar surface area (TPSA) is 32.8 Å². The second-order valence-corrected chi connectivity index (χ2v) is 3.73. The van der Waals surface area contributed by atoms with Gasteiger partial charge in [-0.1, -0.05) is 0 Å². The van der Waals surface area contributed by atoms with Gasteiger partial charge in [0.25, 0.3) is 0 Å². The summed E-state index contributed by atoms with van der Waals surface area (Å²) in [4.78, 5) is 14.9. The van der Waals surface area contributed by atoms with Gasteiger partial charge in [-0.2, -0.15) is 0 Å².